The average Bonchev–Trinajstić information content (AvgIpc) is 2.65. The summed E-state index contributed by atoms with van der Waals surface area (Å²) in [6, 6.07) is 0. The van der Waals surface area contributed by atoms with Gasteiger partial charge in [0.2, 0.25) is 0 Å². The van der Waals surface area contributed by atoms with E-state index in [9.17, 15) is 9.90 Å². The van der Waals surface area contributed by atoms with Crippen LogP contribution in [0.3, 0.4) is 0 Å². The van der Waals surface area contributed by atoms with E-state index < -0.39 is 5.60 Å². The minimum Gasteiger partial charge on any atom is -0.388 e. The molecule has 1 amide bonds. The van der Waals surface area contributed by atoms with Crippen molar-refractivity contribution in [2.75, 3.05) is 6.54 Å². The van der Waals surface area contributed by atoms with Crippen LogP contribution >= 0.6 is 0 Å². The maximum absolute atomic E-state index is 11.9. The lowest BCUT2D eigenvalue weighted by Crippen LogP contribution is -2.42. The van der Waals surface area contributed by atoms with Crippen molar-refractivity contribution >= 4 is 5.91 Å². The number of nitrogens with zero attached hydrogens (tertiary/aromatic N) is 2. The lowest BCUT2D eigenvalue weighted by atomic mass is 9.94. The van der Waals surface area contributed by atoms with Crippen molar-refractivity contribution in [3.8, 4) is 0 Å². The van der Waals surface area contributed by atoms with Crippen LogP contribution < -0.4 is 5.32 Å². The van der Waals surface area contributed by atoms with Crippen LogP contribution in [0.5, 0.6) is 0 Å². The van der Waals surface area contributed by atoms with Crippen molar-refractivity contribution in [2.45, 2.75) is 44.1 Å². The number of imidazole rings is 1. The third-order valence-corrected chi connectivity index (χ3v) is 3.66. The summed E-state index contributed by atoms with van der Waals surface area (Å²) < 4.78 is 1.67. The van der Waals surface area contributed by atoms with Gasteiger partial charge in [-0.25, -0.2) is 4.98 Å². The zero-order valence-electron chi connectivity index (χ0n) is 10.9. The maximum Gasteiger partial charge on any atom is 0.269 e. The minimum atomic E-state index is -0.731. The fourth-order valence-electron chi connectivity index (χ4n) is 2.47. The molecule has 1 aliphatic carbocycles. The van der Waals surface area contributed by atoms with Crippen LogP contribution in [-0.4, -0.2) is 32.7 Å². The summed E-state index contributed by atoms with van der Waals surface area (Å²) in [5.74, 6) is -0.173. The van der Waals surface area contributed by atoms with Gasteiger partial charge in [0.1, 0.15) is 5.69 Å². The molecule has 1 heterocycles. The largest absolute Gasteiger partial charge is 0.388 e. The predicted octanol–water partition coefficient (Wildman–Crippen LogP) is 1.24. The normalized spacial score (nSPS) is 19.2. The Hall–Kier alpha value is -1.36. The molecule has 1 fully saturated rings. The zero-order chi connectivity index (χ0) is 13.0. The molecule has 2 rings (SSSR count). The average molecular weight is 251 g/mol. The van der Waals surface area contributed by atoms with Gasteiger partial charge in [-0.05, 0) is 12.8 Å². The molecule has 0 saturated heterocycles. The molecule has 0 bridgehead atoms. The van der Waals surface area contributed by atoms with Crippen LogP contribution in [0, 0.1) is 0 Å². The second kappa shape index (κ2) is 5.52. The van der Waals surface area contributed by atoms with E-state index in [1.165, 1.54) is 19.0 Å². The monoisotopic (exact) mass is 251 g/mol. The maximum atomic E-state index is 11.9. The van der Waals surface area contributed by atoms with Crippen LogP contribution in [0.25, 0.3) is 0 Å². The molecule has 1 aromatic heterocycles. The fraction of sp³-hybridized carbons (Fsp3) is 0.692. The molecule has 100 valence electrons. The molecule has 1 saturated carbocycles. The van der Waals surface area contributed by atoms with E-state index in [0.717, 1.165) is 25.7 Å². The Morgan fingerprint density at radius 3 is 2.67 bits per heavy atom. The lowest BCUT2D eigenvalue weighted by Gasteiger charge is -2.26. The van der Waals surface area contributed by atoms with Gasteiger partial charge in [-0.15, -0.1) is 0 Å². The summed E-state index contributed by atoms with van der Waals surface area (Å²) in [5, 5.41) is 13.2. The van der Waals surface area contributed by atoms with Crippen molar-refractivity contribution in [1.29, 1.82) is 0 Å². The summed E-state index contributed by atoms with van der Waals surface area (Å²) in [7, 11) is 1.78. The summed E-state index contributed by atoms with van der Waals surface area (Å²) in [6.07, 6.45) is 9.12. The number of aromatic nitrogens is 2. The molecule has 0 aliphatic heterocycles. The highest BCUT2D eigenvalue weighted by Gasteiger charge is 2.28. The third kappa shape index (κ3) is 3.10. The molecule has 5 nitrogen and oxygen atoms in total. The lowest BCUT2D eigenvalue weighted by molar-refractivity contribution is 0.0245. The van der Waals surface area contributed by atoms with Gasteiger partial charge in [-0.1, -0.05) is 25.7 Å². The molecular formula is C13H21N3O2. The molecule has 0 aromatic carbocycles. The van der Waals surface area contributed by atoms with Crippen LogP contribution in [-0.2, 0) is 7.05 Å². The second-order valence-corrected chi connectivity index (χ2v) is 5.21. The Balaban J connectivity index is 1.90. The van der Waals surface area contributed by atoms with E-state index in [2.05, 4.69) is 10.3 Å². The van der Waals surface area contributed by atoms with Gasteiger partial charge in [-0.2, -0.15) is 0 Å². The Kier molecular flexibility index (Phi) is 4.01. The number of aryl methyl sites for hydroxylation is 1. The van der Waals surface area contributed by atoms with E-state index >= 15 is 0 Å². The standard InChI is InChI=1S/C13H21N3O2/c1-16-10-14-8-11(16)12(17)15-9-13(18)6-4-2-3-5-7-13/h8,10,18H,2-7,9H2,1H3,(H,15,17). The van der Waals surface area contributed by atoms with Gasteiger partial charge < -0.3 is 15.0 Å². The molecule has 2 N–H and O–H groups in total. The molecule has 0 spiro atoms. The van der Waals surface area contributed by atoms with E-state index in [-0.39, 0.29) is 5.91 Å². The first kappa shape index (κ1) is 13.1. The van der Waals surface area contributed by atoms with Crippen molar-refractivity contribution in [2.24, 2.45) is 7.05 Å². The molecule has 18 heavy (non-hydrogen) atoms. The predicted molar refractivity (Wildman–Crippen MR) is 68.2 cm³/mol. The second-order valence-electron chi connectivity index (χ2n) is 5.21. The van der Waals surface area contributed by atoms with Gasteiger partial charge in [0, 0.05) is 13.6 Å². The highest BCUT2D eigenvalue weighted by Crippen LogP contribution is 2.26. The number of hydrogen-bond acceptors (Lipinski definition) is 3. The quantitative estimate of drug-likeness (QED) is 0.794. The number of carbonyl (C=O) groups is 1. The van der Waals surface area contributed by atoms with Gasteiger partial charge in [-0.3, -0.25) is 4.79 Å². The number of hydrogen-bond donors (Lipinski definition) is 2. The number of carbonyl (C=O) groups excluding carboxylic acids is 1. The van der Waals surface area contributed by atoms with Gasteiger partial charge >= 0.3 is 0 Å². The molecule has 0 unspecified atom stereocenters. The number of amides is 1. The third-order valence-electron chi connectivity index (χ3n) is 3.66. The van der Waals surface area contributed by atoms with Gasteiger partial charge in [0.15, 0.2) is 0 Å². The Morgan fingerprint density at radius 1 is 1.44 bits per heavy atom. The molecule has 5 heteroatoms. The molecule has 1 aromatic rings. The summed E-state index contributed by atoms with van der Waals surface area (Å²) in [4.78, 5) is 15.8. The molecule has 0 radical (unpaired) electrons. The van der Waals surface area contributed by atoms with E-state index in [4.69, 9.17) is 0 Å². The number of nitrogens with one attached hydrogen (secondary N) is 1. The Labute approximate surface area is 107 Å². The van der Waals surface area contributed by atoms with Crippen LogP contribution in [0.4, 0.5) is 0 Å². The van der Waals surface area contributed by atoms with Gasteiger partial charge in [0.25, 0.3) is 5.91 Å². The van der Waals surface area contributed by atoms with Crippen LogP contribution in [0.2, 0.25) is 0 Å². The van der Waals surface area contributed by atoms with Crippen molar-refractivity contribution < 1.29 is 9.90 Å². The Morgan fingerprint density at radius 2 is 2.11 bits per heavy atom. The minimum absolute atomic E-state index is 0.173. The summed E-state index contributed by atoms with van der Waals surface area (Å²) in [6.45, 7) is 0.330. The first-order valence-electron chi connectivity index (χ1n) is 6.58. The van der Waals surface area contributed by atoms with E-state index in [1.807, 2.05) is 0 Å². The molecule has 1 aliphatic rings. The van der Waals surface area contributed by atoms with Crippen LogP contribution in [0.1, 0.15) is 49.0 Å². The number of rotatable bonds is 3. The van der Waals surface area contributed by atoms with Crippen molar-refractivity contribution in [3.63, 3.8) is 0 Å². The van der Waals surface area contributed by atoms with E-state index in [0.29, 0.717) is 12.2 Å². The first-order valence-corrected chi connectivity index (χ1v) is 6.58. The Bertz CT molecular complexity index is 406. The molecule has 0 atom stereocenters. The SMILES string of the molecule is Cn1cncc1C(=O)NCC1(O)CCCCCC1. The smallest absolute Gasteiger partial charge is 0.269 e. The topological polar surface area (TPSA) is 67.2 Å². The fourth-order valence-corrected chi connectivity index (χ4v) is 2.47. The molecular weight excluding hydrogens is 230 g/mol. The van der Waals surface area contributed by atoms with Crippen LogP contribution in [0.15, 0.2) is 12.5 Å². The first-order chi connectivity index (χ1) is 8.61. The highest BCUT2D eigenvalue weighted by atomic mass is 16.3. The highest BCUT2D eigenvalue weighted by molar-refractivity contribution is 5.92. The summed E-state index contributed by atoms with van der Waals surface area (Å²) in [5.41, 5.74) is -0.211. The zero-order valence-corrected chi connectivity index (χ0v) is 10.9. The van der Waals surface area contributed by atoms with Crippen molar-refractivity contribution in [3.05, 3.63) is 18.2 Å². The van der Waals surface area contributed by atoms with E-state index in [1.54, 1.807) is 17.9 Å². The van der Waals surface area contributed by atoms with Gasteiger partial charge in [0.05, 0.1) is 18.1 Å². The summed E-state index contributed by atoms with van der Waals surface area (Å²) >= 11 is 0. The number of aliphatic hydroxyl groups is 1. The van der Waals surface area contributed by atoms with Crippen molar-refractivity contribution in [1.82, 2.24) is 14.9 Å².